The fourth-order valence-electron chi connectivity index (χ4n) is 1.65. The maximum absolute atomic E-state index is 9.18. The Morgan fingerprint density at radius 3 is 2.74 bits per heavy atom. The Bertz CT molecular complexity index is 549. The standard InChI is InChI=1S/C15H18ClNO2/c1-15(2,10-18)17-9-13-6-7-14(19-13)11-4-3-5-12(16)8-11/h3-8,17-18H,9-10H2,1-2H3. The predicted octanol–water partition coefficient (Wildman–Crippen LogP) is 3.46. The normalized spacial score (nSPS) is 11.8. The van der Waals surface area contributed by atoms with Crippen molar-refractivity contribution in [3.05, 3.63) is 47.2 Å². The van der Waals surface area contributed by atoms with Gasteiger partial charge in [0.05, 0.1) is 13.2 Å². The predicted molar refractivity (Wildman–Crippen MR) is 77.2 cm³/mol. The van der Waals surface area contributed by atoms with Crippen LogP contribution in [0.5, 0.6) is 0 Å². The average molecular weight is 280 g/mol. The molecule has 0 aliphatic heterocycles. The lowest BCUT2D eigenvalue weighted by atomic mass is 10.1. The monoisotopic (exact) mass is 279 g/mol. The van der Waals surface area contributed by atoms with Crippen LogP contribution in [-0.4, -0.2) is 17.3 Å². The van der Waals surface area contributed by atoms with Crippen LogP contribution in [0.2, 0.25) is 5.02 Å². The molecule has 0 saturated heterocycles. The Morgan fingerprint density at radius 1 is 1.26 bits per heavy atom. The molecule has 0 unspecified atom stereocenters. The van der Waals surface area contributed by atoms with Crippen LogP contribution in [0.1, 0.15) is 19.6 Å². The maximum atomic E-state index is 9.18. The van der Waals surface area contributed by atoms with Crippen LogP contribution < -0.4 is 5.32 Å². The molecule has 0 bridgehead atoms. The molecule has 1 heterocycles. The lowest BCUT2D eigenvalue weighted by molar-refractivity contribution is 0.184. The molecule has 4 heteroatoms. The quantitative estimate of drug-likeness (QED) is 0.881. The summed E-state index contributed by atoms with van der Waals surface area (Å²) < 4.78 is 5.76. The average Bonchev–Trinajstić information content (AvgIpc) is 2.85. The minimum absolute atomic E-state index is 0.0782. The molecule has 2 N–H and O–H groups in total. The van der Waals surface area contributed by atoms with Crippen molar-refractivity contribution in [3.63, 3.8) is 0 Å². The molecule has 19 heavy (non-hydrogen) atoms. The number of halogens is 1. The number of hydrogen-bond donors (Lipinski definition) is 2. The van der Waals surface area contributed by atoms with Gasteiger partial charge in [-0.2, -0.15) is 0 Å². The van der Waals surface area contributed by atoms with Crippen molar-refractivity contribution in [1.29, 1.82) is 0 Å². The van der Waals surface area contributed by atoms with Crippen molar-refractivity contribution in [2.75, 3.05) is 6.61 Å². The second-order valence-corrected chi connectivity index (χ2v) is 5.61. The van der Waals surface area contributed by atoms with Crippen molar-refractivity contribution in [3.8, 4) is 11.3 Å². The zero-order chi connectivity index (χ0) is 13.9. The van der Waals surface area contributed by atoms with Crippen LogP contribution in [0.4, 0.5) is 0 Å². The van der Waals surface area contributed by atoms with Gasteiger partial charge in [0, 0.05) is 16.1 Å². The molecule has 0 aliphatic rings. The van der Waals surface area contributed by atoms with Crippen LogP contribution in [-0.2, 0) is 6.54 Å². The van der Waals surface area contributed by atoms with Gasteiger partial charge in [-0.25, -0.2) is 0 Å². The third-order valence-corrected chi connectivity index (χ3v) is 3.14. The highest BCUT2D eigenvalue weighted by molar-refractivity contribution is 6.30. The third kappa shape index (κ3) is 3.83. The van der Waals surface area contributed by atoms with Gasteiger partial charge in [-0.05, 0) is 38.1 Å². The first-order valence-electron chi connectivity index (χ1n) is 6.21. The van der Waals surface area contributed by atoms with E-state index in [-0.39, 0.29) is 12.1 Å². The highest BCUT2D eigenvalue weighted by Gasteiger charge is 2.16. The number of nitrogens with one attached hydrogen (secondary N) is 1. The molecule has 2 rings (SSSR count). The Balaban J connectivity index is 2.07. The molecule has 0 atom stereocenters. The Morgan fingerprint density at radius 2 is 2.05 bits per heavy atom. The highest BCUT2D eigenvalue weighted by atomic mass is 35.5. The van der Waals surface area contributed by atoms with E-state index >= 15 is 0 Å². The lowest BCUT2D eigenvalue weighted by Gasteiger charge is -2.22. The van der Waals surface area contributed by atoms with Crippen LogP contribution in [0.15, 0.2) is 40.8 Å². The minimum atomic E-state index is -0.316. The molecular formula is C15H18ClNO2. The summed E-state index contributed by atoms with van der Waals surface area (Å²) in [6.45, 7) is 4.53. The Kier molecular flexibility index (Phi) is 4.30. The van der Waals surface area contributed by atoms with Gasteiger partial charge < -0.3 is 14.8 Å². The molecule has 102 valence electrons. The summed E-state index contributed by atoms with van der Waals surface area (Å²) in [6, 6.07) is 11.4. The number of aliphatic hydroxyl groups excluding tert-OH is 1. The van der Waals surface area contributed by atoms with Crippen molar-refractivity contribution in [2.45, 2.75) is 25.9 Å². The van der Waals surface area contributed by atoms with Crippen LogP contribution in [0.25, 0.3) is 11.3 Å². The van der Waals surface area contributed by atoms with Gasteiger partial charge in [-0.3, -0.25) is 0 Å². The molecule has 0 spiro atoms. The molecule has 0 fully saturated rings. The van der Waals surface area contributed by atoms with Crippen LogP contribution >= 0.6 is 11.6 Å². The first kappa shape index (κ1) is 14.1. The molecular weight excluding hydrogens is 262 g/mol. The van der Waals surface area contributed by atoms with Crippen molar-refractivity contribution >= 4 is 11.6 Å². The third-order valence-electron chi connectivity index (χ3n) is 2.91. The number of aliphatic hydroxyl groups is 1. The van der Waals surface area contributed by atoms with E-state index in [2.05, 4.69) is 5.32 Å². The van der Waals surface area contributed by atoms with E-state index < -0.39 is 0 Å². The summed E-state index contributed by atoms with van der Waals surface area (Å²) in [4.78, 5) is 0. The zero-order valence-corrected chi connectivity index (χ0v) is 11.9. The highest BCUT2D eigenvalue weighted by Crippen LogP contribution is 2.24. The first-order chi connectivity index (χ1) is 9.00. The van der Waals surface area contributed by atoms with Crippen molar-refractivity contribution in [2.24, 2.45) is 0 Å². The maximum Gasteiger partial charge on any atom is 0.134 e. The molecule has 1 aromatic heterocycles. The van der Waals surface area contributed by atoms with E-state index in [0.29, 0.717) is 11.6 Å². The topological polar surface area (TPSA) is 45.4 Å². The van der Waals surface area contributed by atoms with Gasteiger partial charge in [-0.15, -0.1) is 0 Å². The first-order valence-corrected chi connectivity index (χ1v) is 6.58. The molecule has 3 nitrogen and oxygen atoms in total. The molecule has 0 saturated carbocycles. The van der Waals surface area contributed by atoms with E-state index in [1.807, 2.05) is 50.2 Å². The van der Waals surface area contributed by atoms with Crippen LogP contribution in [0.3, 0.4) is 0 Å². The van der Waals surface area contributed by atoms with Crippen molar-refractivity contribution < 1.29 is 9.52 Å². The fraction of sp³-hybridized carbons (Fsp3) is 0.333. The molecule has 2 aromatic rings. The largest absolute Gasteiger partial charge is 0.460 e. The SMILES string of the molecule is CC(C)(CO)NCc1ccc(-c2cccc(Cl)c2)o1. The van der Waals surface area contributed by atoms with Gasteiger partial charge in [0.15, 0.2) is 0 Å². The number of rotatable bonds is 5. The Hall–Kier alpha value is -1.29. The Labute approximate surface area is 118 Å². The summed E-state index contributed by atoms with van der Waals surface area (Å²) >= 11 is 5.96. The summed E-state index contributed by atoms with van der Waals surface area (Å²) in [7, 11) is 0. The number of benzene rings is 1. The van der Waals surface area contributed by atoms with Gasteiger partial charge in [0.1, 0.15) is 11.5 Å². The summed E-state index contributed by atoms with van der Waals surface area (Å²) in [5, 5.41) is 13.1. The summed E-state index contributed by atoms with van der Waals surface area (Å²) in [5.74, 6) is 1.62. The van der Waals surface area contributed by atoms with Gasteiger partial charge in [0.2, 0.25) is 0 Å². The number of furan rings is 1. The summed E-state index contributed by atoms with van der Waals surface area (Å²) in [5.41, 5.74) is 0.642. The molecule has 0 radical (unpaired) electrons. The van der Waals surface area contributed by atoms with E-state index in [4.69, 9.17) is 16.0 Å². The van der Waals surface area contributed by atoms with Gasteiger partial charge >= 0.3 is 0 Å². The van der Waals surface area contributed by atoms with Crippen LogP contribution in [0, 0.1) is 0 Å². The lowest BCUT2D eigenvalue weighted by Crippen LogP contribution is -2.41. The second-order valence-electron chi connectivity index (χ2n) is 5.17. The van der Waals surface area contributed by atoms with E-state index in [1.165, 1.54) is 0 Å². The van der Waals surface area contributed by atoms with Gasteiger partial charge in [0.25, 0.3) is 0 Å². The summed E-state index contributed by atoms with van der Waals surface area (Å²) in [6.07, 6.45) is 0. The molecule has 0 amide bonds. The fourth-order valence-corrected chi connectivity index (χ4v) is 1.84. The zero-order valence-electron chi connectivity index (χ0n) is 11.1. The van der Waals surface area contributed by atoms with Crippen molar-refractivity contribution in [1.82, 2.24) is 5.32 Å². The second kappa shape index (κ2) is 5.78. The number of hydrogen-bond acceptors (Lipinski definition) is 3. The molecule has 0 aliphatic carbocycles. The van der Waals surface area contributed by atoms with Gasteiger partial charge in [-0.1, -0.05) is 23.7 Å². The smallest absolute Gasteiger partial charge is 0.134 e. The molecule has 1 aromatic carbocycles. The van der Waals surface area contributed by atoms with E-state index in [9.17, 15) is 5.11 Å². The van der Waals surface area contributed by atoms with E-state index in [0.717, 1.165) is 17.1 Å². The van der Waals surface area contributed by atoms with E-state index in [1.54, 1.807) is 0 Å². The minimum Gasteiger partial charge on any atom is -0.460 e.